The van der Waals surface area contributed by atoms with Crippen LogP contribution in [0.2, 0.25) is 0 Å². The number of esters is 1. The van der Waals surface area contributed by atoms with Crippen molar-refractivity contribution in [3.8, 4) is 0 Å². The molecule has 24 heavy (non-hydrogen) atoms. The molecule has 0 unspecified atom stereocenters. The minimum Gasteiger partial charge on any atom is -0.452 e. The Balaban J connectivity index is 1.85. The van der Waals surface area contributed by atoms with E-state index in [4.69, 9.17) is 4.74 Å². The summed E-state index contributed by atoms with van der Waals surface area (Å²) in [4.78, 5) is 25.7. The van der Waals surface area contributed by atoms with E-state index in [2.05, 4.69) is 6.92 Å². The zero-order chi connectivity index (χ0) is 17.7. The van der Waals surface area contributed by atoms with Crippen molar-refractivity contribution in [3.05, 3.63) is 35.4 Å². The van der Waals surface area contributed by atoms with Crippen LogP contribution in [-0.2, 0) is 25.1 Å². The maximum atomic E-state index is 12.0. The second-order valence-electron chi connectivity index (χ2n) is 6.41. The summed E-state index contributed by atoms with van der Waals surface area (Å²) < 4.78 is 27.5. The number of nitrogens with zero attached hydrogens (tertiary/aromatic N) is 1. The lowest BCUT2D eigenvalue weighted by atomic mass is 9.99. The van der Waals surface area contributed by atoms with Crippen molar-refractivity contribution in [2.75, 3.05) is 26.0 Å². The molecule has 1 saturated heterocycles. The third-order valence-electron chi connectivity index (χ3n) is 4.08. The van der Waals surface area contributed by atoms with Crippen LogP contribution < -0.4 is 0 Å². The van der Waals surface area contributed by atoms with E-state index in [1.54, 1.807) is 17.0 Å². The number of likely N-dealkylation sites (tertiary alicyclic amines) is 1. The Hall–Kier alpha value is -1.89. The summed E-state index contributed by atoms with van der Waals surface area (Å²) in [5.41, 5.74) is 0.903. The first-order valence-electron chi connectivity index (χ1n) is 7.96. The number of benzene rings is 1. The second kappa shape index (κ2) is 7.79. The summed E-state index contributed by atoms with van der Waals surface area (Å²) >= 11 is 0. The second-order valence-corrected chi connectivity index (χ2v) is 8.55. The first-order chi connectivity index (χ1) is 11.2. The van der Waals surface area contributed by atoms with E-state index < -0.39 is 15.8 Å². The van der Waals surface area contributed by atoms with Crippen LogP contribution in [0.1, 0.15) is 35.7 Å². The minimum absolute atomic E-state index is 0.0752. The van der Waals surface area contributed by atoms with Crippen molar-refractivity contribution in [1.82, 2.24) is 4.90 Å². The van der Waals surface area contributed by atoms with E-state index in [9.17, 15) is 18.0 Å². The molecule has 1 aromatic rings. The van der Waals surface area contributed by atoms with Crippen LogP contribution in [-0.4, -0.2) is 51.1 Å². The maximum Gasteiger partial charge on any atom is 0.338 e. The van der Waals surface area contributed by atoms with Crippen LogP contribution in [0.4, 0.5) is 0 Å². The van der Waals surface area contributed by atoms with Gasteiger partial charge in [-0.05, 0) is 36.5 Å². The highest BCUT2D eigenvalue weighted by Gasteiger charge is 2.21. The number of piperidine rings is 1. The van der Waals surface area contributed by atoms with E-state index in [1.807, 2.05) is 0 Å². The fourth-order valence-electron chi connectivity index (χ4n) is 2.60. The molecular weight excluding hydrogens is 330 g/mol. The zero-order valence-electron chi connectivity index (χ0n) is 14.0. The molecule has 0 aromatic heterocycles. The summed E-state index contributed by atoms with van der Waals surface area (Å²) in [6.45, 7) is 3.31. The quantitative estimate of drug-likeness (QED) is 0.752. The van der Waals surface area contributed by atoms with Crippen molar-refractivity contribution in [3.63, 3.8) is 0 Å². The SMILES string of the molecule is CC1CCN(C(=O)COC(=O)c2ccc(CS(C)(=O)=O)cc2)CC1. The Labute approximate surface area is 142 Å². The van der Waals surface area contributed by atoms with Crippen LogP contribution >= 0.6 is 0 Å². The zero-order valence-corrected chi connectivity index (χ0v) is 14.8. The molecule has 2 rings (SSSR count). The van der Waals surface area contributed by atoms with Gasteiger partial charge in [0.25, 0.3) is 5.91 Å². The van der Waals surface area contributed by atoms with E-state index in [0.717, 1.165) is 19.1 Å². The molecule has 6 nitrogen and oxygen atoms in total. The lowest BCUT2D eigenvalue weighted by molar-refractivity contribution is -0.135. The Morgan fingerprint density at radius 1 is 1.17 bits per heavy atom. The van der Waals surface area contributed by atoms with Crippen LogP contribution in [0.3, 0.4) is 0 Å². The number of amides is 1. The van der Waals surface area contributed by atoms with Gasteiger partial charge >= 0.3 is 5.97 Å². The van der Waals surface area contributed by atoms with Crippen molar-refractivity contribution in [2.24, 2.45) is 5.92 Å². The van der Waals surface area contributed by atoms with Gasteiger partial charge in [0.15, 0.2) is 16.4 Å². The average molecular weight is 353 g/mol. The standard InChI is InChI=1S/C17H23NO5S/c1-13-7-9-18(10-8-13)16(19)11-23-17(20)15-5-3-14(4-6-15)12-24(2,21)22/h3-6,13H,7-12H2,1-2H3. The number of hydrogen-bond acceptors (Lipinski definition) is 5. The Bertz CT molecular complexity index is 688. The van der Waals surface area contributed by atoms with Crippen molar-refractivity contribution in [1.29, 1.82) is 0 Å². The van der Waals surface area contributed by atoms with Crippen LogP contribution in [0.25, 0.3) is 0 Å². The number of ether oxygens (including phenoxy) is 1. The molecule has 0 atom stereocenters. The van der Waals surface area contributed by atoms with Gasteiger partial charge in [0.2, 0.25) is 0 Å². The molecule has 0 radical (unpaired) electrons. The van der Waals surface area contributed by atoms with E-state index >= 15 is 0 Å². The van der Waals surface area contributed by atoms with Gasteiger partial charge in [-0.3, -0.25) is 4.79 Å². The van der Waals surface area contributed by atoms with E-state index in [1.165, 1.54) is 12.1 Å². The highest BCUT2D eigenvalue weighted by Crippen LogP contribution is 2.16. The lowest BCUT2D eigenvalue weighted by Gasteiger charge is -2.30. The molecule has 0 saturated carbocycles. The van der Waals surface area contributed by atoms with Gasteiger partial charge in [0.1, 0.15) is 0 Å². The van der Waals surface area contributed by atoms with E-state index in [0.29, 0.717) is 30.1 Å². The predicted molar refractivity (Wildman–Crippen MR) is 90.3 cm³/mol. The molecule has 0 N–H and O–H groups in total. The Kier molecular flexibility index (Phi) is 5.99. The normalized spacial score (nSPS) is 16.0. The van der Waals surface area contributed by atoms with Crippen LogP contribution in [0.15, 0.2) is 24.3 Å². The molecular formula is C17H23NO5S. The average Bonchev–Trinajstić information content (AvgIpc) is 2.52. The number of sulfone groups is 1. The number of hydrogen-bond donors (Lipinski definition) is 0. The van der Waals surface area contributed by atoms with Crippen LogP contribution in [0, 0.1) is 5.92 Å². The van der Waals surface area contributed by atoms with Crippen LogP contribution in [0.5, 0.6) is 0 Å². The smallest absolute Gasteiger partial charge is 0.338 e. The van der Waals surface area contributed by atoms with E-state index in [-0.39, 0.29) is 18.3 Å². The molecule has 0 aliphatic carbocycles. The molecule has 7 heteroatoms. The van der Waals surface area contributed by atoms with Gasteiger partial charge < -0.3 is 9.64 Å². The summed E-state index contributed by atoms with van der Waals surface area (Å²) in [6.07, 6.45) is 3.10. The molecule has 0 bridgehead atoms. The van der Waals surface area contributed by atoms with Crippen molar-refractivity contribution in [2.45, 2.75) is 25.5 Å². The summed E-state index contributed by atoms with van der Waals surface area (Å²) in [7, 11) is -3.11. The Morgan fingerprint density at radius 2 is 1.75 bits per heavy atom. The van der Waals surface area contributed by atoms with Gasteiger partial charge in [-0.25, -0.2) is 13.2 Å². The fraction of sp³-hybridized carbons (Fsp3) is 0.529. The molecule has 1 aromatic carbocycles. The highest BCUT2D eigenvalue weighted by molar-refractivity contribution is 7.89. The lowest BCUT2D eigenvalue weighted by Crippen LogP contribution is -2.40. The third-order valence-corrected chi connectivity index (χ3v) is 4.94. The number of rotatable bonds is 5. The number of carbonyl (C=O) groups is 2. The first kappa shape index (κ1) is 18.4. The molecule has 1 amide bonds. The van der Waals surface area contributed by atoms with Crippen molar-refractivity contribution >= 4 is 21.7 Å². The fourth-order valence-corrected chi connectivity index (χ4v) is 3.40. The summed E-state index contributed by atoms with van der Waals surface area (Å²) in [6, 6.07) is 6.17. The van der Waals surface area contributed by atoms with Gasteiger partial charge in [-0.1, -0.05) is 19.1 Å². The Morgan fingerprint density at radius 3 is 2.29 bits per heavy atom. The summed E-state index contributed by atoms with van der Waals surface area (Å²) in [5.74, 6) is -0.209. The molecule has 1 fully saturated rings. The molecule has 1 aliphatic rings. The van der Waals surface area contributed by atoms with Gasteiger partial charge in [-0.15, -0.1) is 0 Å². The monoisotopic (exact) mass is 353 g/mol. The van der Waals surface area contributed by atoms with Crippen molar-refractivity contribution < 1.29 is 22.7 Å². The minimum atomic E-state index is -3.11. The third kappa shape index (κ3) is 5.63. The molecule has 0 spiro atoms. The topological polar surface area (TPSA) is 80.8 Å². The highest BCUT2D eigenvalue weighted by atomic mass is 32.2. The van der Waals surface area contributed by atoms with Gasteiger partial charge in [-0.2, -0.15) is 0 Å². The molecule has 1 aliphatic heterocycles. The van der Waals surface area contributed by atoms with Gasteiger partial charge in [0, 0.05) is 19.3 Å². The largest absolute Gasteiger partial charge is 0.452 e. The summed E-state index contributed by atoms with van der Waals surface area (Å²) in [5, 5.41) is 0. The molecule has 1 heterocycles. The number of carbonyl (C=O) groups excluding carboxylic acids is 2. The molecule has 132 valence electrons. The maximum absolute atomic E-state index is 12.0. The predicted octanol–water partition coefficient (Wildman–Crippen LogP) is 1.65. The first-order valence-corrected chi connectivity index (χ1v) is 10.0. The van der Waals surface area contributed by atoms with Gasteiger partial charge in [0.05, 0.1) is 11.3 Å².